The molecule has 1 saturated carbocycles. The minimum Gasteiger partial charge on any atom is -0.452 e. The van der Waals surface area contributed by atoms with Gasteiger partial charge < -0.3 is 10.1 Å². The maximum absolute atomic E-state index is 11.1. The lowest BCUT2D eigenvalue weighted by atomic mass is 10.6. The van der Waals surface area contributed by atoms with E-state index in [0.29, 0.717) is 12.6 Å². The molecule has 0 aromatic carbocycles. The lowest BCUT2D eigenvalue weighted by Gasteiger charge is -2.07. The predicted octanol–water partition coefficient (Wildman–Crippen LogP) is -1.07. The highest BCUT2D eigenvalue weighted by Gasteiger charge is 2.20. The molecule has 1 rings (SSSR count). The summed E-state index contributed by atoms with van der Waals surface area (Å²) in [6, 6.07) is 0.531. The normalized spacial score (nSPS) is 16.1. The summed E-state index contributed by atoms with van der Waals surface area (Å²) in [5.74, 6) is 0. The number of amides is 1. The average Bonchev–Trinajstić information content (AvgIpc) is 2.95. The first-order valence-electron chi connectivity index (χ1n) is 4.62. The van der Waals surface area contributed by atoms with E-state index in [4.69, 9.17) is 0 Å². The molecule has 3 N–H and O–H groups in total. The fraction of sp³-hybridized carbons (Fsp3) is 0.857. The summed E-state index contributed by atoms with van der Waals surface area (Å²) < 4.78 is 30.3. The van der Waals surface area contributed by atoms with Crippen LogP contribution in [0.25, 0.3) is 0 Å². The molecule has 0 saturated heterocycles. The molecular weight excluding hydrogens is 222 g/mol. The Morgan fingerprint density at radius 3 is 2.60 bits per heavy atom. The second kappa shape index (κ2) is 5.29. The molecule has 0 bridgehead atoms. The molecule has 7 nitrogen and oxygen atoms in total. The summed E-state index contributed by atoms with van der Waals surface area (Å²) in [7, 11) is -2.69. The van der Waals surface area contributed by atoms with Gasteiger partial charge in [-0.3, -0.25) is 0 Å². The van der Waals surface area contributed by atoms with Crippen LogP contribution >= 0.6 is 0 Å². The van der Waals surface area contributed by atoms with Crippen LogP contribution in [-0.4, -0.2) is 40.8 Å². The Hall–Kier alpha value is -0.860. The average molecular weight is 237 g/mol. The first kappa shape index (κ1) is 12.2. The summed E-state index contributed by atoms with van der Waals surface area (Å²) in [6.07, 6.45) is 1.29. The molecule has 0 unspecified atom stereocenters. The third-order valence-electron chi connectivity index (χ3n) is 1.83. The van der Waals surface area contributed by atoms with Crippen molar-refractivity contribution in [3.63, 3.8) is 0 Å². The Balaban J connectivity index is 2.13. The zero-order chi connectivity index (χ0) is 11.3. The van der Waals surface area contributed by atoms with Crippen LogP contribution in [0, 0.1) is 0 Å². The van der Waals surface area contributed by atoms with Crippen molar-refractivity contribution in [1.82, 2.24) is 14.8 Å². The second-order valence-corrected chi connectivity index (χ2v) is 4.72. The molecule has 0 aromatic rings. The van der Waals surface area contributed by atoms with E-state index in [2.05, 4.69) is 14.8 Å². The molecule has 0 atom stereocenters. The summed E-state index contributed by atoms with van der Waals surface area (Å²) in [5.41, 5.74) is 0. The number of nitrogens with one attached hydrogen (secondary N) is 3. The Morgan fingerprint density at radius 1 is 1.40 bits per heavy atom. The number of carbonyl (C=O) groups is 1. The molecule has 0 spiro atoms. The van der Waals surface area contributed by atoms with Crippen LogP contribution in [0.3, 0.4) is 0 Å². The monoisotopic (exact) mass is 237 g/mol. The van der Waals surface area contributed by atoms with E-state index < -0.39 is 16.3 Å². The SMILES string of the molecule is COC(=O)NS(=O)(=O)NCCNC1CC1. The zero-order valence-electron chi connectivity index (χ0n) is 8.45. The number of carbonyl (C=O) groups excluding carboxylic acids is 1. The zero-order valence-corrected chi connectivity index (χ0v) is 9.26. The first-order valence-corrected chi connectivity index (χ1v) is 6.10. The van der Waals surface area contributed by atoms with Gasteiger partial charge in [0, 0.05) is 19.1 Å². The molecule has 1 amide bonds. The highest BCUT2D eigenvalue weighted by molar-refractivity contribution is 7.88. The molecular formula is C7H15N3O4S. The minimum absolute atomic E-state index is 0.239. The van der Waals surface area contributed by atoms with E-state index in [0.717, 1.165) is 20.0 Å². The maximum Gasteiger partial charge on any atom is 0.421 e. The predicted molar refractivity (Wildman–Crippen MR) is 53.5 cm³/mol. The van der Waals surface area contributed by atoms with Gasteiger partial charge in [-0.1, -0.05) is 0 Å². The van der Waals surface area contributed by atoms with E-state index in [-0.39, 0.29) is 6.54 Å². The molecule has 0 aromatic heterocycles. The van der Waals surface area contributed by atoms with Crippen LogP contribution < -0.4 is 14.8 Å². The van der Waals surface area contributed by atoms with Crippen LogP contribution in [0.2, 0.25) is 0 Å². The number of hydrogen-bond acceptors (Lipinski definition) is 5. The van der Waals surface area contributed by atoms with Crippen LogP contribution in [0.15, 0.2) is 0 Å². The molecule has 0 aliphatic heterocycles. The fourth-order valence-electron chi connectivity index (χ4n) is 0.937. The van der Waals surface area contributed by atoms with E-state index >= 15 is 0 Å². The van der Waals surface area contributed by atoms with Gasteiger partial charge in [-0.2, -0.15) is 13.1 Å². The van der Waals surface area contributed by atoms with Crippen molar-refractivity contribution in [1.29, 1.82) is 0 Å². The molecule has 0 heterocycles. The Morgan fingerprint density at radius 2 is 2.07 bits per heavy atom. The lowest BCUT2D eigenvalue weighted by molar-refractivity contribution is 0.177. The molecule has 1 fully saturated rings. The quantitative estimate of drug-likeness (QED) is 0.511. The Kier molecular flexibility index (Phi) is 4.30. The number of ether oxygens (including phenoxy) is 1. The van der Waals surface area contributed by atoms with E-state index in [1.54, 1.807) is 4.72 Å². The minimum atomic E-state index is -3.78. The van der Waals surface area contributed by atoms with Crippen molar-refractivity contribution in [2.45, 2.75) is 18.9 Å². The van der Waals surface area contributed by atoms with Gasteiger partial charge in [0.2, 0.25) is 0 Å². The fourth-order valence-corrected chi connectivity index (χ4v) is 1.68. The summed E-state index contributed by atoms with van der Waals surface area (Å²) in [5, 5.41) is 3.13. The molecule has 15 heavy (non-hydrogen) atoms. The smallest absolute Gasteiger partial charge is 0.421 e. The van der Waals surface area contributed by atoms with Crippen molar-refractivity contribution in [2.24, 2.45) is 0 Å². The number of methoxy groups -OCH3 is 1. The Labute approximate surface area is 88.7 Å². The molecule has 8 heteroatoms. The summed E-state index contributed by atoms with van der Waals surface area (Å²) >= 11 is 0. The standard InChI is InChI=1S/C7H15N3O4S/c1-14-7(11)10-15(12,13)9-5-4-8-6-2-3-6/h6,8-9H,2-5H2,1H3,(H,10,11). The van der Waals surface area contributed by atoms with Gasteiger partial charge >= 0.3 is 16.3 Å². The second-order valence-electron chi connectivity index (χ2n) is 3.22. The lowest BCUT2D eigenvalue weighted by Crippen LogP contribution is -2.42. The van der Waals surface area contributed by atoms with E-state index in [1.165, 1.54) is 0 Å². The van der Waals surface area contributed by atoms with Gasteiger partial charge in [0.05, 0.1) is 7.11 Å². The number of rotatable bonds is 6. The van der Waals surface area contributed by atoms with Crippen LogP contribution in [0.4, 0.5) is 4.79 Å². The van der Waals surface area contributed by atoms with Crippen molar-refractivity contribution in [2.75, 3.05) is 20.2 Å². The molecule has 0 radical (unpaired) electrons. The van der Waals surface area contributed by atoms with Gasteiger partial charge in [-0.15, -0.1) is 0 Å². The van der Waals surface area contributed by atoms with Crippen molar-refractivity contribution < 1.29 is 17.9 Å². The van der Waals surface area contributed by atoms with Crippen LogP contribution in [0.5, 0.6) is 0 Å². The third kappa shape index (κ3) is 5.55. The largest absolute Gasteiger partial charge is 0.452 e. The summed E-state index contributed by atoms with van der Waals surface area (Å²) in [6.45, 7) is 0.787. The van der Waals surface area contributed by atoms with E-state index in [1.807, 2.05) is 0 Å². The summed E-state index contributed by atoms with van der Waals surface area (Å²) in [4.78, 5) is 10.6. The van der Waals surface area contributed by atoms with Crippen LogP contribution in [-0.2, 0) is 14.9 Å². The van der Waals surface area contributed by atoms with Crippen molar-refractivity contribution in [3.8, 4) is 0 Å². The van der Waals surface area contributed by atoms with Crippen molar-refractivity contribution in [3.05, 3.63) is 0 Å². The van der Waals surface area contributed by atoms with Gasteiger partial charge in [0.25, 0.3) is 0 Å². The van der Waals surface area contributed by atoms with Crippen LogP contribution in [0.1, 0.15) is 12.8 Å². The highest BCUT2D eigenvalue weighted by Crippen LogP contribution is 2.17. The molecule has 88 valence electrons. The first-order chi connectivity index (χ1) is 7.03. The molecule has 1 aliphatic rings. The topological polar surface area (TPSA) is 96.5 Å². The Bertz CT molecular complexity index is 312. The maximum atomic E-state index is 11.1. The van der Waals surface area contributed by atoms with E-state index in [9.17, 15) is 13.2 Å². The van der Waals surface area contributed by atoms with Gasteiger partial charge in [-0.05, 0) is 12.8 Å². The molecule has 1 aliphatic carbocycles. The third-order valence-corrected chi connectivity index (χ3v) is 2.85. The highest BCUT2D eigenvalue weighted by atomic mass is 32.2. The van der Waals surface area contributed by atoms with Gasteiger partial charge in [0.1, 0.15) is 0 Å². The van der Waals surface area contributed by atoms with Crippen molar-refractivity contribution >= 4 is 16.3 Å². The van der Waals surface area contributed by atoms with Gasteiger partial charge in [-0.25, -0.2) is 9.52 Å². The van der Waals surface area contributed by atoms with Gasteiger partial charge in [0.15, 0.2) is 0 Å². The number of hydrogen-bond donors (Lipinski definition) is 3.